The average Bonchev–Trinajstić information content (AvgIpc) is 3.04. The van der Waals surface area contributed by atoms with Gasteiger partial charge in [-0.15, -0.1) is 0 Å². The first-order valence-corrected chi connectivity index (χ1v) is 8.98. The number of methoxy groups -OCH3 is 1. The van der Waals surface area contributed by atoms with Crippen LogP contribution in [0, 0.1) is 5.92 Å². The number of rotatable bonds is 2. The van der Waals surface area contributed by atoms with E-state index in [4.69, 9.17) is 39.5 Å². The van der Waals surface area contributed by atoms with Gasteiger partial charge in [0.25, 0.3) is 0 Å². The molecule has 24 heavy (non-hydrogen) atoms. The van der Waals surface area contributed by atoms with Gasteiger partial charge < -0.3 is 10.1 Å². The molecule has 0 saturated heterocycles. The standard InChI is InChI=1S/C19H16Cl3NO/c1-24-16-8-7-14(21)17-11-3-2-4-12(11)18(23-19(16)17)13-6-5-10(20)9-15(13)22/h2-3,5-9,11-12,18,23H,4H2,1H3/t11-,12-,18-/m0/s1. The van der Waals surface area contributed by atoms with E-state index in [1.54, 1.807) is 13.2 Å². The Labute approximate surface area is 156 Å². The van der Waals surface area contributed by atoms with E-state index in [2.05, 4.69) is 17.5 Å². The van der Waals surface area contributed by atoms with Crippen LogP contribution in [0.5, 0.6) is 5.75 Å². The molecule has 2 aliphatic rings. The van der Waals surface area contributed by atoms with Crippen molar-refractivity contribution in [1.82, 2.24) is 0 Å². The molecule has 0 radical (unpaired) electrons. The van der Waals surface area contributed by atoms with Crippen molar-refractivity contribution in [1.29, 1.82) is 0 Å². The Bertz CT molecular complexity index is 834. The highest BCUT2D eigenvalue weighted by Gasteiger charge is 2.40. The maximum atomic E-state index is 6.51. The molecule has 0 fully saturated rings. The number of ether oxygens (including phenoxy) is 1. The molecule has 1 heterocycles. The van der Waals surface area contributed by atoms with Gasteiger partial charge in [0.1, 0.15) is 5.75 Å². The predicted molar refractivity (Wildman–Crippen MR) is 101 cm³/mol. The number of hydrogen-bond donors (Lipinski definition) is 1. The van der Waals surface area contributed by atoms with Gasteiger partial charge in [0.2, 0.25) is 0 Å². The quantitative estimate of drug-likeness (QED) is 0.602. The minimum Gasteiger partial charge on any atom is -0.495 e. The Morgan fingerprint density at radius 2 is 1.92 bits per heavy atom. The average molecular weight is 381 g/mol. The van der Waals surface area contributed by atoms with Gasteiger partial charge in [-0.2, -0.15) is 0 Å². The van der Waals surface area contributed by atoms with Crippen LogP contribution in [-0.4, -0.2) is 7.11 Å². The molecule has 0 bridgehead atoms. The van der Waals surface area contributed by atoms with E-state index < -0.39 is 0 Å². The molecule has 2 aromatic carbocycles. The Balaban J connectivity index is 1.87. The Morgan fingerprint density at radius 3 is 2.67 bits per heavy atom. The van der Waals surface area contributed by atoms with Crippen LogP contribution in [0.3, 0.4) is 0 Å². The molecular weight excluding hydrogens is 365 g/mol. The highest BCUT2D eigenvalue weighted by molar-refractivity contribution is 6.35. The molecule has 4 rings (SSSR count). The van der Waals surface area contributed by atoms with Crippen molar-refractivity contribution in [3.63, 3.8) is 0 Å². The normalized spacial score (nSPS) is 24.2. The van der Waals surface area contributed by atoms with Crippen LogP contribution < -0.4 is 10.1 Å². The van der Waals surface area contributed by atoms with E-state index in [1.807, 2.05) is 24.3 Å². The molecule has 5 heteroatoms. The van der Waals surface area contributed by atoms with Crippen molar-refractivity contribution in [2.24, 2.45) is 5.92 Å². The molecule has 0 spiro atoms. The molecule has 0 unspecified atom stereocenters. The smallest absolute Gasteiger partial charge is 0.142 e. The Hall–Kier alpha value is -1.35. The van der Waals surface area contributed by atoms with Crippen LogP contribution in [-0.2, 0) is 0 Å². The predicted octanol–water partition coefficient (Wildman–Crippen LogP) is 6.48. The zero-order chi connectivity index (χ0) is 16.8. The first-order valence-electron chi connectivity index (χ1n) is 7.84. The molecule has 3 atom stereocenters. The zero-order valence-corrected chi connectivity index (χ0v) is 15.3. The van der Waals surface area contributed by atoms with Crippen LogP contribution in [0.25, 0.3) is 0 Å². The van der Waals surface area contributed by atoms with E-state index in [0.717, 1.165) is 34.0 Å². The maximum absolute atomic E-state index is 6.51. The van der Waals surface area contributed by atoms with Crippen LogP contribution in [0.1, 0.15) is 29.5 Å². The van der Waals surface area contributed by atoms with Gasteiger partial charge in [0.05, 0.1) is 18.8 Å². The van der Waals surface area contributed by atoms with Gasteiger partial charge in [-0.3, -0.25) is 0 Å². The van der Waals surface area contributed by atoms with Gasteiger partial charge in [-0.05, 0) is 42.2 Å². The molecule has 2 aromatic rings. The van der Waals surface area contributed by atoms with Crippen molar-refractivity contribution in [2.75, 3.05) is 12.4 Å². The summed E-state index contributed by atoms with van der Waals surface area (Å²) in [4.78, 5) is 0. The molecule has 1 aliphatic heterocycles. The minimum atomic E-state index is 0.0784. The summed E-state index contributed by atoms with van der Waals surface area (Å²) >= 11 is 19.1. The molecule has 1 aliphatic carbocycles. The van der Waals surface area contributed by atoms with E-state index in [-0.39, 0.29) is 12.0 Å². The molecule has 2 nitrogen and oxygen atoms in total. The number of hydrogen-bond acceptors (Lipinski definition) is 2. The van der Waals surface area contributed by atoms with E-state index >= 15 is 0 Å². The summed E-state index contributed by atoms with van der Waals surface area (Å²) in [6.07, 6.45) is 5.44. The third-order valence-electron chi connectivity index (χ3n) is 4.95. The van der Waals surface area contributed by atoms with Gasteiger partial charge in [-0.25, -0.2) is 0 Å². The van der Waals surface area contributed by atoms with Gasteiger partial charge >= 0.3 is 0 Å². The lowest BCUT2D eigenvalue weighted by molar-refractivity contribution is 0.397. The lowest BCUT2D eigenvalue weighted by Crippen LogP contribution is -2.29. The summed E-state index contributed by atoms with van der Waals surface area (Å²) in [6, 6.07) is 9.55. The topological polar surface area (TPSA) is 21.3 Å². The van der Waals surface area contributed by atoms with Crippen molar-refractivity contribution < 1.29 is 4.74 Å². The summed E-state index contributed by atoms with van der Waals surface area (Å²) in [7, 11) is 1.67. The highest BCUT2D eigenvalue weighted by atomic mass is 35.5. The third kappa shape index (κ3) is 2.48. The van der Waals surface area contributed by atoms with Gasteiger partial charge in [0, 0.05) is 26.5 Å². The van der Waals surface area contributed by atoms with Crippen molar-refractivity contribution in [2.45, 2.75) is 18.4 Å². The first-order chi connectivity index (χ1) is 11.6. The Kier molecular flexibility index (Phi) is 4.16. The van der Waals surface area contributed by atoms with Crippen molar-refractivity contribution in [3.05, 3.63) is 68.7 Å². The molecule has 124 valence electrons. The molecule has 0 amide bonds. The van der Waals surface area contributed by atoms with Crippen LogP contribution in [0.15, 0.2) is 42.5 Å². The van der Waals surface area contributed by atoms with Crippen molar-refractivity contribution in [3.8, 4) is 5.75 Å². The fourth-order valence-electron chi connectivity index (χ4n) is 3.87. The molecule has 0 saturated carbocycles. The summed E-state index contributed by atoms with van der Waals surface area (Å²) < 4.78 is 5.55. The zero-order valence-electron chi connectivity index (χ0n) is 13.0. The van der Waals surface area contributed by atoms with Gasteiger partial charge in [0.15, 0.2) is 0 Å². The maximum Gasteiger partial charge on any atom is 0.142 e. The fourth-order valence-corrected chi connectivity index (χ4v) is 4.68. The van der Waals surface area contributed by atoms with Crippen molar-refractivity contribution >= 4 is 40.5 Å². The summed E-state index contributed by atoms with van der Waals surface area (Å²) in [6.45, 7) is 0. The number of anilines is 1. The summed E-state index contributed by atoms with van der Waals surface area (Å²) in [5.41, 5.74) is 3.11. The number of benzene rings is 2. The third-order valence-corrected chi connectivity index (χ3v) is 5.84. The minimum absolute atomic E-state index is 0.0784. The lowest BCUT2D eigenvalue weighted by atomic mass is 9.77. The number of nitrogens with one attached hydrogen (secondary N) is 1. The molecular formula is C19H16Cl3NO. The second-order valence-corrected chi connectivity index (χ2v) is 7.43. The second kappa shape index (κ2) is 6.18. The monoisotopic (exact) mass is 379 g/mol. The Morgan fingerprint density at radius 1 is 1.08 bits per heavy atom. The number of halogens is 3. The first kappa shape index (κ1) is 16.1. The highest BCUT2D eigenvalue weighted by Crippen LogP contribution is 2.54. The van der Waals surface area contributed by atoms with E-state index in [0.29, 0.717) is 16.0 Å². The van der Waals surface area contributed by atoms with Crippen LogP contribution in [0.4, 0.5) is 5.69 Å². The largest absolute Gasteiger partial charge is 0.495 e. The van der Waals surface area contributed by atoms with Crippen LogP contribution in [0.2, 0.25) is 15.1 Å². The number of fused-ring (bicyclic) bond motifs is 3. The van der Waals surface area contributed by atoms with E-state index in [9.17, 15) is 0 Å². The van der Waals surface area contributed by atoms with E-state index in [1.165, 1.54) is 0 Å². The molecule has 1 N–H and O–H groups in total. The fraction of sp³-hybridized carbons (Fsp3) is 0.263. The number of allylic oxidation sites excluding steroid dienone is 2. The second-order valence-electron chi connectivity index (χ2n) is 6.18. The lowest BCUT2D eigenvalue weighted by Gasteiger charge is -2.38. The summed E-state index contributed by atoms with van der Waals surface area (Å²) in [5.74, 6) is 1.41. The van der Waals surface area contributed by atoms with Crippen LogP contribution >= 0.6 is 34.8 Å². The molecule has 0 aromatic heterocycles. The SMILES string of the molecule is COc1ccc(Cl)c2c1N[C@H](c1ccc(Cl)cc1Cl)[C@H]1CC=C[C@H]21. The van der Waals surface area contributed by atoms with Gasteiger partial charge in [-0.1, -0.05) is 53.0 Å². The summed E-state index contributed by atoms with van der Waals surface area (Å²) in [5, 5.41) is 5.71.